The lowest BCUT2D eigenvalue weighted by atomic mass is 9.81. The molecule has 2 heterocycles. The van der Waals surface area contributed by atoms with Crippen molar-refractivity contribution in [3.05, 3.63) is 187 Å². The molecule has 0 bridgehead atoms. The Hall–Kier alpha value is -6.84. The Morgan fingerprint density at radius 1 is 0.407 bits per heavy atom. The minimum atomic E-state index is -0.206. The lowest BCUT2D eigenvalue weighted by molar-refractivity contribution is 0.660. The number of rotatable bonds is 5. The molecule has 256 valence electrons. The van der Waals surface area contributed by atoms with Gasteiger partial charge in [-0.15, -0.1) is 0 Å². The first kappa shape index (κ1) is 30.8. The van der Waals surface area contributed by atoms with Crippen molar-refractivity contribution in [2.24, 2.45) is 0 Å². The maximum absolute atomic E-state index is 6.68. The largest absolute Gasteiger partial charge is 0.456 e. The van der Waals surface area contributed by atoms with Crippen molar-refractivity contribution < 1.29 is 8.83 Å². The molecule has 10 aromatic rings. The van der Waals surface area contributed by atoms with E-state index in [0.29, 0.717) is 0 Å². The van der Waals surface area contributed by atoms with Gasteiger partial charge in [0.15, 0.2) is 0 Å². The molecule has 0 unspecified atom stereocenters. The summed E-state index contributed by atoms with van der Waals surface area (Å²) >= 11 is 0. The molecular formula is C51H35NO2. The Balaban J connectivity index is 1.21. The van der Waals surface area contributed by atoms with Crippen molar-refractivity contribution in [1.82, 2.24) is 0 Å². The lowest BCUT2D eigenvalue weighted by Gasteiger charge is -2.29. The second-order valence-corrected chi connectivity index (χ2v) is 14.9. The van der Waals surface area contributed by atoms with Crippen LogP contribution in [0.1, 0.15) is 25.0 Å². The molecule has 8 aromatic carbocycles. The topological polar surface area (TPSA) is 29.5 Å². The van der Waals surface area contributed by atoms with Gasteiger partial charge in [-0.2, -0.15) is 0 Å². The molecule has 2 aromatic heterocycles. The summed E-state index contributed by atoms with van der Waals surface area (Å²) in [5, 5.41) is 4.37. The van der Waals surface area contributed by atoms with Gasteiger partial charge in [0.25, 0.3) is 0 Å². The highest BCUT2D eigenvalue weighted by Crippen LogP contribution is 2.55. The summed E-state index contributed by atoms with van der Waals surface area (Å²) < 4.78 is 13.2. The number of hydrogen-bond donors (Lipinski definition) is 0. The Labute approximate surface area is 313 Å². The molecule has 3 nitrogen and oxygen atoms in total. The van der Waals surface area contributed by atoms with Gasteiger partial charge in [-0.05, 0) is 99.1 Å². The monoisotopic (exact) mass is 693 g/mol. The first-order valence-electron chi connectivity index (χ1n) is 18.6. The smallest absolute Gasteiger partial charge is 0.137 e. The Morgan fingerprint density at radius 3 is 1.93 bits per heavy atom. The predicted octanol–water partition coefficient (Wildman–Crippen LogP) is 14.6. The molecule has 0 spiro atoms. The second kappa shape index (κ2) is 11.6. The van der Waals surface area contributed by atoms with Gasteiger partial charge >= 0.3 is 0 Å². The summed E-state index contributed by atoms with van der Waals surface area (Å²) in [6.07, 6.45) is 0. The molecule has 11 rings (SSSR count). The minimum Gasteiger partial charge on any atom is -0.456 e. The van der Waals surface area contributed by atoms with Gasteiger partial charge in [0.2, 0.25) is 0 Å². The predicted molar refractivity (Wildman–Crippen MR) is 224 cm³/mol. The fraction of sp³-hybridized carbons (Fsp3) is 0.0588. The van der Waals surface area contributed by atoms with E-state index >= 15 is 0 Å². The molecule has 1 aliphatic rings. The highest BCUT2D eigenvalue weighted by Gasteiger charge is 2.38. The fourth-order valence-corrected chi connectivity index (χ4v) is 8.86. The van der Waals surface area contributed by atoms with Crippen molar-refractivity contribution in [1.29, 1.82) is 0 Å². The summed E-state index contributed by atoms with van der Waals surface area (Å²) in [5.74, 6) is 0. The van der Waals surface area contributed by atoms with Crippen LogP contribution in [0.2, 0.25) is 0 Å². The van der Waals surface area contributed by atoms with E-state index in [2.05, 4.69) is 183 Å². The molecule has 0 radical (unpaired) electrons. The lowest BCUT2D eigenvalue weighted by Crippen LogP contribution is -2.17. The number of nitrogens with zero attached hydrogens (tertiary/aromatic N) is 1. The third kappa shape index (κ3) is 4.55. The molecule has 0 saturated carbocycles. The molecule has 0 amide bonds. The third-order valence-corrected chi connectivity index (χ3v) is 11.5. The average molecular weight is 694 g/mol. The fourth-order valence-electron chi connectivity index (χ4n) is 8.86. The van der Waals surface area contributed by atoms with Crippen LogP contribution in [0.5, 0.6) is 0 Å². The molecule has 54 heavy (non-hydrogen) atoms. The van der Waals surface area contributed by atoms with Crippen LogP contribution in [0.4, 0.5) is 17.1 Å². The Kier molecular flexibility index (Phi) is 6.60. The van der Waals surface area contributed by atoms with Gasteiger partial charge in [-0.1, -0.05) is 129 Å². The number of anilines is 3. The Morgan fingerprint density at radius 2 is 1.07 bits per heavy atom. The van der Waals surface area contributed by atoms with Crippen LogP contribution < -0.4 is 4.90 Å². The molecule has 0 fully saturated rings. The van der Waals surface area contributed by atoms with E-state index in [-0.39, 0.29) is 5.41 Å². The van der Waals surface area contributed by atoms with Crippen LogP contribution >= 0.6 is 0 Å². The molecule has 0 atom stereocenters. The van der Waals surface area contributed by atoms with Gasteiger partial charge in [-0.25, -0.2) is 0 Å². The van der Waals surface area contributed by atoms with Crippen LogP contribution in [-0.2, 0) is 5.41 Å². The molecule has 0 aliphatic heterocycles. The summed E-state index contributed by atoms with van der Waals surface area (Å²) in [6, 6.07) is 62.9. The first-order valence-corrected chi connectivity index (χ1v) is 18.6. The van der Waals surface area contributed by atoms with Crippen molar-refractivity contribution in [2.45, 2.75) is 19.3 Å². The molecule has 0 N–H and O–H groups in total. The maximum Gasteiger partial charge on any atom is 0.137 e. The summed E-state index contributed by atoms with van der Waals surface area (Å²) in [6.45, 7) is 4.71. The minimum absolute atomic E-state index is 0.206. The van der Waals surface area contributed by atoms with Crippen LogP contribution in [0.25, 0.3) is 77.3 Å². The highest BCUT2D eigenvalue weighted by atomic mass is 16.3. The Bertz CT molecular complexity index is 3080. The van der Waals surface area contributed by atoms with Gasteiger partial charge < -0.3 is 13.7 Å². The van der Waals surface area contributed by atoms with Crippen LogP contribution in [0.15, 0.2) is 185 Å². The maximum atomic E-state index is 6.68. The summed E-state index contributed by atoms with van der Waals surface area (Å²) in [7, 11) is 0. The van der Waals surface area contributed by atoms with Crippen LogP contribution in [0, 0.1) is 0 Å². The molecular weight excluding hydrogens is 659 g/mol. The summed E-state index contributed by atoms with van der Waals surface area (Å²) in [4.78, 5) is 2.40. The normalized spacial score (nSPS) is 13.1. The second-order valence-electron chi connectivity index (χ2n) is 14.9. The number of hydrogen-bond acceptors (Lipinski definition) is 3. The van der Waals surface area contributed by atoms with E-state index < -0.39 is 0 Å². The zero-order chi connectivity index (χ0) is 36.0. The van der Waals surface area contributed by atoms with E-state index in [9.17, 15) is 0 Å². The van der Waals surface area contributed by atoms with E-state index in [1.165, 1.54) is 33.4 Å². The molecule has 0 saturated heterocycles. The first-order chi connectivity index (χ1) is 26.5. The standard InChI is InChI=1S/C51H35NO2/c1-51(2)42-20-11-9-19-39(42)49-41(33-16-7-4-8-17-33)29-36(30-43(49)51)52(35-25-27-38-37-18-10-12-22-45(37)53-48(38)31-35)44-21-13-23-46-50(44)40-26-24-34(28-47(40)54-46)32-14-5-3-6-15-32/h3-31H,1-2H3. The molecule has 1 aliphatic carbocycles. The van der Waals surface area contributed by atoms with Gasteiger partial charge in [0.1, 0.15) is 22.3 Å². The number of benzene rings is 8. The van der Waals surface area contributed by atoms with Crippen molar-refractivity contribution in [3.63, 3.8) is 0 Å². The van der Waals surface area contributed by atoms with E-state index in [1.807, 2.05) is 12.1 Å². The van der Waals surface area contributed by atoms with E-state index in [4.69, 9.17) is 8.83 Å². The average Bonchev–Trinajstić information content (AvgIpc) is 3.86. The van der Waals surface area contributed by atoms with Gasteiger partial charge in [0, 0.05) is 39.0 Å². The van der Waals surface area contributed by atoms with Crippen LogP contribution in [0.3, 0.4) is 0 Å². The number of furan rings is 2. The van der Waals surface area contributed by atoms with Crippen molar-refractivity contribution in [2.75, 3.05) is 4.90 Å². The number of para-hydroxylation sites is 1. The van der Waals surface area contributed by atoms with Crippen molar-refractivity contribution >= 4 is 60.9 Å². The zero-order valence-corrected chi connectivity index (χ0v) is 30.0. The van der Waals surface area contributed by atoms with Gasteiger partial charge in [-0.3, -0.25) is 0 Å². The van der Waals surface area contributed by atoms with Crippen molar-refractivity contribution in [3.8, 4) is 33.4 Å². The third-order valence-electron chi connectivity index (χ3n) is 11.5. The number of fused-ring (bicyclic) bond motifs is 9. The summed E-state index contributed by atoms with van der Waals surface area (Å²) in [5.41, 5.74) is 16.3. The zero-order valence-electron chi connectivity index (χ0n) is 30.0. The van der Waals surface area contributed by atoms with E-state index in [1.54, 1.807) is 0 Å². The highest BCUT2D eigenvalue weighted by molar-refractivity contribution is 6.15. The van der Waals surface area contributed by atoms with Gasteiger partial charge in [0.05, 0.1) is 11.1 Å². The van der Waals surface area contributed by atoms with E-state index in [0.717, 1.165) is 72.1 Å². The molecule has 3 heteroatoms. The van der Waals surface area contributed by atoms with Crippen LogP contribution in [-0.4, -0.2) is 0 Å². The SMILES string of the molecule is CC1(C)c2ccccc2-c2c(-c3ccccc3)cc(N(c3ccc4c(c3)oc3ccccc34)c3cccc4oc5cc(-c6ccccc6)ccc5c34)cc21. The quantitative estimate of drug-likeness (QED) is 0.180.